The number of hydrogen-bond donors (Lipinski definition) is 2. The van der Waals surface area contributed by atoms with Gasteiger partial charge in [0, 0.05) is 58.3 Å². The van der Waals surface area contributed by atoms with Gasteiger partial charge in [-0.2, -0.15) is 0 Å². The van der Waals surface area contributed by atoms with Gasteiger partial charge in [0.1, 0.15) is 35.2 Å². The fraction of sp³-hybridized carbons (Fsp3) is 0.459. The van der Waals surface area contributed by atoms with Gasteiger partial charge in [-0.25, -0.2) is 0 Å². The molecule has 0 bridgehead atoms. The van der Waals surface area contributed by atoms with Crippen molar-refractivity contribution in [2.75, 3.05) is 10.6 Å². The SMILES string of the molecule is CC(C)(C)c1ccc(CC[C@@H](CC2CCCCC2)OC(=O)CCC(=O)O[C@@H](CCc2ccc(C(C)(C)C)c(NC(=O)CC3c4ccccc4Oc4ccccc43)c2)CC2CCCCC2)cc1NC(=O)CC1c2ccccc2Oc2ccccc21. The molecule has 2 heterocycles. The lowest BCUT2D eigenvalue weighted by Crippen LogP contribution is -2.26. The van der Waals surface area contributed by atoms with Crippen LogP contribution in [0.4, 0.5) is 11.4 Å². The second kappa shape index (κ2) is 27.2. The van der Waals surface area contributed by atoms with Gasteiger partial charge in [-0.05, 0) is 120 Å². The van der Waals surface area contributed by atoms with Crippen molar-refractivity contribution < 1.29 is 38.1 Å². The molecular weight excluding hydrogens is 1040 g/mol. The second-order valence-electron chi connectivity index (χ2n) is 26.5. The highest BCUT2D eigenvalue weighted by Gasteiger charge is 2.33. The number of carbonyl (C=O) groups excluding carboxylic acids is 4. The van der Waals surface area contributed by atoms with Crippen LogP contribution in [0, 0.1) is 11.8 Å². The lowest BCUT2D eigenvalue weighted by molar-refractivity contribution is -0.157. The molecule has 10 heteroatoms. The van der Waals surface area contributed by atoms with Gasteiger partial charge in [0.25, 0.3) is 0 Å². The molecule has 2 atom stereocenters. The number of ether oxygens (including phenoxy) is 4. The number of benzene rings is 6. The molecule has 2 saturated carbocycles. The first-order valence-electron chi connectivity index (χ1n) is 31.5. The summed E-state index contributed by atoms with van der Waals surface area (Å²) < 4.78 is 25.2. The van der Waals surface area contributed by atoms with E-state index in [-0.39, 0.29) is 84.3 Å². The van der Waals surface area contributed by atoms with Crippen molar-refractivity contribution in [3.8, 4) is 23.0 Å². The number of para-hydroxylation sites is 4. The van der Waals surface area contributed by atoms with Crippen LogP contribution in [0.5, 0.6) is 23.0 Å². The van der Waals surface area contributed by atoms with Gasteiger partial charge in [-0.3, -0.25) is 19.2 Å². The zero-order valence-electron chi connectivity index (χ0n) is 50.6. The van der Waals surface area contributed by atoms with Crippen molar-refractivity contribution in [2.24, 2.45) is 11.8 Å². The molecule has 0 aromatic heterocycles. The highest BCUT2D eigenvalue weighted by molar-refractivity contribution is 5.94. The minimum absolute atomic E-state index is 0.0446. The zero-order valence-corrected chi connectivity index (χ0v) is 50.6. The molecule has 0 saturated heterocycles. The van der Waals surface area contributed by atoms with E-state index < -0.39 is 0 Å². The summed E-state index contributed by atoms with van der Waals surface area (Å²) in [5, 5.41) is 6.67. The molecule has 2 fully saturated rings. The maximum absolute atomic E-state index is 14.2. The third kappa shape index (κ3) is 15.6. The van der Waals surface area contributed by atoms with Crippen molar-refractivity contribution >= 4 is 35.1 Å². The van der Waals surface area contributed by atoms with Gasteiger partial charge >= 0.3 is 11.9 Å². The zero-order chi connectivity index (χ0) is 58.8. The number of esters is 2. The Morgan fingerprint density at radius 3 is 1.13 bits per heavy atom. The van der Waals surface area contributed by atoms with Crippen LogP contribution in [0.2, 0.25) is 0 Å². The summed E-state index contributed by atoms with van der Waals surface area (Å²) in [6, 6.07) is 44.6. The molecular formula is C74H88N2O8. The first kappa shape index (κ1) is 59.9. The molecule has 2 aliphatic heterocycles. The van der Waals surface area contributed by atoms with E-state index in [1.165, 1.54) is 38.5 Å². The van der Waals surface area contributed by atoms with Crippen molar-refractivity contribution in [3.05, 3.63) is 178 Å². The van der Waals surface area contributed by atoms with Crippen molar-refractivity contribution in [3.63, 3.8) is 0 Å². The number of rotatable bonds is 21. The minimum atomic E-state index is -0.373. The molecule has 10 rings (SSSR count). The van der Waals surface area contributed by atoms with Crippen molar-refractivity contribution in [1.29, 1.82) is 0 Å². The molecule has 2 aliphatic carbocycles. The van der Waals surface area contributed by atoms with Crippen LogP contribution < -0.4 is 20.1 Å². The van der Waals surface area contributed by atoms with E-state index in [2.05, 4.69) is 88.6 Å². The van der Waals surface area contributed by atoms with Gasteiger partial charge in [-0.1, -0.05) is 203 Å². The number of fused-ring (bicyclic) bond motifs is 4. The van der Waals surface area contributed by atoms with E-state index in [1.54, 1.807) is 0 Å². The number of amides is 2. The summed E-state index contributed by atoms with van der Waals surface area (Å²) in [5.74, 6) is 2.88. The average Bonchev–Trinajstić information content (AvgIpc) is 2.89. The van der Waals surface area contributed by atoms with Gasteiger partial charge < -0.3 is 29.6 Å². The quantitative estimate of drug-likeness (QED) is 0.0682. The van der Waals surface area contributed by atoms with Crippen LogP contribution in [-0.2, 0) is 52.3 Å². The third-order valence-corrected chi connectivity index (χ3v) is 18.0. The van der Waals surface area contributed by atoms with Gasteiger partial charge in [0.2, 0.25) is 11.8 Å². The Bertz CT molecular complexity index is 2960. The first-order valence-corrected chi connectivity index (χ1v) is 31.5. The van der Waals surface area contributed by atoms with E-state index in [9.17, 15) is 19.2 Å². The summed E-state index contributed by atoms with van der Waals surface area (Å²) in [6.45, 7) is 13.0. The third-order valence-electron chi connectivity index (χ3n) is 18.0. The Morgan fingerprint density at radius 1 is 0.464 bits per heavy atom. The molecule has 0 spiro atoms. The molecule has 6 aromatic rings. The smallest absolute Gasteiger partial charge is 0.306 e. The predicted octanol–water partition coefficient (Wildman–Crippen LogP) is 17.9. The van der Waals surface area contributed by atoms with E-state index in [0.717, 1.165) is 117 Å². The van der Waals surface area contributed by atoms with Crippen molar-refractivity contribution in [2.45, 2.75) is 205 Å². The Kier molecular flexibility index (Phi) is 19.4. The van der Waals surface area contributed by atoms with Crippen LogP contribution in [0.15, 0.2) is 133 Å². The molecule has 4 aliphatic rings. The Hall–Kier alpha value is -7.20. The molecule has 442 valence electrons. The Balaban J connectivity index is 0.773. The Labute approximate surface area is 499 Å². The summed E-state index contributed by atoms with van der Waals surface area (Å²) in [5.41, 5.74) is 9.37. The molecule has 84 heavy (non-hydrogen) atoms. The van der Waals surface area contributed by atoms with Crippen molar-refractivity contribution in [1.82, 2.24) is 0 Å². The number of carbonyl (C=O) groups is 4. The molecule has 0 unspecified atom stereocenters. The lowest BCUT2D eigenvalue weighted by Gasteiger charge is -2.29. The lowest BCUT2D eigenvalue weighted by atomic mass is 9.83. The van der Waals surface area contributed by atoms with E-state index in [4.69, 9.17) is 18.9 Å². The van der Waals surface area contributed by atoms with Gasteiger partial charge in [0.15, 0.2) is 0 Å². The average molecular weight is 1130 g/mol. The number of aryl methyl sites for hydroxylation is 2. The fourth-order valence-electron chi connectivity index (χ4n) is 13.6. The molecule has 2 amide bonds. The maximum atomic E-state index is 14.2. The molecule has 6 aromatic carbocycles. The summed E-state index contributed by atoms with van der Waals surface area (Å²) in [4.78, 5) is 56.1. The molecule has 10 nitrogen and oxygen atoms in total. The van der Waals surface area contributed by atoms with Crippen LogP contribution in [-0.4, -0.2) is 36.0 Å². The van der Waals surface area contributed by atoms with E-state index >= 15 is 0 Å². The second-order valence-corrected chi connectivity index (χ2v) is 26.5. The highest BCUT2D eigenvalue weighted by Crippen LogP contribution is 2.48. The summed E-state index contributed by atoms with van der Waals surface area (Å²) in [7, 11) is 0. The highest BCUT2D eigenvalue weighted by atomic mass is 16.6. The molecule has 2 N–H and O–H groups in total. The normalized spacial score (nSPS) is 16.3. The van der Waals surface area contributed by atoms with Crippen LogP contribution >= 0.6 is 0 Å². The first-order chi connectivity index (χ1) is 40.5. The number of hydrogen-bond acceptors (Lipinski definition) is 8. The van der Waals surface area contributed by atoms with E-state index in [0.29, 0.717) is 37.5 Å². The van der Waals surface area contributed by atoms with Crippen LogP contribution in [0.3, 0.4) is 0 Å². The fourth-order valence-corrected chi connectivity index (χ4v) is 13.6. The standard InChI is InChI=1S/C74H88N2O8/c1-73(2,3)61-39-35-51(45-63(61)75-69(77)47-59-55-25-13-17-29-65(55)83-66-30-18-14-26-56(59)66)33-37-53(43-49-21-9-7-10-22-49)81-71(79)41-42-72(80)82-54(44-50-23-11-8-12-24-50)38-34-52-36-40-62(74(4,5)6)64(46-52)76-70(78)48-60-57-27-15-19-31-67(57)84-68-32-20-16-28-58(60)68/h13-20,25-32,35-36,39-40,45-46,49-50,53-54,59-60H,7-12,21-24,33-34,37-38,41-44,47-48H2,1-6H3,(H,75,77)(H,76,78)/t53-,54-/m0/s1. The monoisotopic (exact) mass is 1130 g/mol. The maximum Gasteiger partial charge on any atom is 0.306 e. The van der Waals surface area contributed by atoms with E-state index in [1.807, 2.05) is 97.1 Å². The topological polar surface area (TPSA) is 129 Å². The summed E-state index contributed by atoms with van der Waals surface area (Å²) >= 11 is 0. The van der Waals surface area contributed by atoms with Crippen LogP contribution in [0.1, 0.15) is 213 Å². The number of anilines is 2. The summed E-state index contributed by atoms with van der Waals surface area (Å²) in [6.07, 6.45) is 15.7. The van der Waals surface area contributed by atoms with Crippen LogP contribution in [0.25, 0.3) is 0 Å². The largest absolute Gasteiger partial charge is 0.462 e. The van der Waals surface area contributed by atoms with Gasteiger partial charge in [0.05, 0.1) is 12.8 Å². The predicted molar refractivity (Wildman–Crippen MR) is 334 cm³/mol. The number of nitrogens with one attached hydrogen (secondary N) is 2. The molecule has 0 radical (unpaired) electrons. The Morgan fingerprint density at radius 2 is 0.798 bits per heavy atom. The minimum Gasteiger partial charge on any atom is -0.462 e. The van der Waals surface area contributed by atoms with Gasteiger partial charge in [-0.15, -0.1) is 0 Å².